The van der Waals surface area contributed by atoms with E-state index in [9.17, 15) is 9.18 Å². The van der Waals surface area contributed by atoms with Gasteiger partial charge in [-0.05, 0) is 32.0 Å². The van der Waals surface area contributed by atoms with Crippen molar-refractivity contribution in [1.29, 1.82) is 0 Å². The van der Waals surface area contributed by atoms with Gasteiger partial charge in [-0.1, -0.05) is 0 Å². The largest absolute Gasteiger partial charge is 0.494 e. The standard InChI is InChI=1S/C17H16FN3O2S/c1-10-8-13(11(2)21(10)17-19-6-7-24-17)16(22)20-14-5-4-12(18)9-15(14)23-3/h4-9H,1-3H3,(H,20,22). The highest BCUT2D eigenvalue weighted by atomic mass is 32.1. The Bertz CT molecular complexity index is 888. The lowest BCUT2D eigenvalue weighted by molar-refractivity contribution is 0.102. The van der Waals surface area contributed by atoms with Gasteiger partial charge in [0.1, 0.15) is 11.6 Å². The average Bonchev–Trinajstić information content (AvgIpc) is 3.16. The Morgan fingerprint density at radius 1 is 1.33 bits per heavy atom. The molecule has 7 heteroatoms. The van der Waals surface area contributed by atoms with E-state index in [1.165, 1.54) is 36.6 Å². The molecule has 0 radical (unpaired) electrons. The molecule has 2 heterocycles. The maximum Gasteiger partial charge on any atom is 0.257 e. The smallest absolute Gasteiger partial charge is 0.257 e. The number of carbonyl (C=O) groups excluding carboxylic acids is 1. The van der Waals surface area contributed by atoms with E-state index in [0.717, 1.165) is 16.5 Å². The van der Waals surface area contributed by atoms with E-state index in [1.54, 1.807) is 6.20 Å². The zero-order valence-electron chi connectivity index (χ0n) is 13.5. The highest BCUT2D eigenvalue weighted by Gasteiger charge is 2.19. The molecule has 3 rings (SSSR count). The van der Waals surface area contributed by atoms with Crippen molar-refractivity contribution in [3.05, 3.63) is 58.6 Å². The van der Waals surface area contributed by atoms with E-state index in [1.807, 2.05) is 29.9 Å². The van der Waals surface area contributed by atoms with Crippen molar-refractivity contribution < 1.29 is 13.9 Å². The van der Waals surface area contributed by atoms with Crippen LogP contribution >= 0.6 is 11.3 Å². The summed E-state index contributed by atoms with van der Waals surface area (Å²) in [5.74, 6) is -0.431. The predicted molar refractivity (Wildman–Crippen MR) is 91.8 cm³/mol. The monoisotopic (exact) mass is 345 g/mol. The number of hydrogen-bond acceptors (Lipinski definition) is 4. The van der Waals surface area contributed by atoms with E-state index in [2.05, 4.69) is 10.3 Å². The van der Waals surface area contributed by atoms with Crippen molar-refractivity contribution in [2.24, 2.45) is 0 Å². The molecule has 3 aromatic rings. The zero-order valence-corrected chi connectivity index (χ0v) is 14.3. The molecule has 0 aliphatic heterocycles. The van der Waals surface area contributed by atoms with Crippen LogP contribution in [-0.2, 0) is 0 Å². The predicted octanol–water partition coefficient (Wildman–Crippen LogP) is 3.95. The van der Waals surface area contributed by atoms with E-state index in [-0.39, 0.29) is 11.7 Å². The highest BCUT2D eigenvalue weighted by molar-refractivity contribution is 7.12. The quantitative estimate of drug-likeness (QED) is 0.779. The summed E-state index contributed by atoms with van der Waals surface area (Å²) in [4.78, 5) is 16.9. The molecule has 1 amide bonds. The van der Waals surface area contributed by atoms with Gasteiger partial charge in [0.25, 0.3) is 5.91 Å². The lowest BCUT2D eigenvalue weighted by atomic mass is 10.2. The zero-order chi connectivity index (χ0) is 17.3. The Balaban J connectivity index is 1.93. The first-order valence-corrected chi connectivity index (χ1v) is 8.13. The van der Waals surface area contributed by atoms with Crippen molar-refractivity contribution in [2.75, 3.05) is 12.4 Å². The highest BCUT2D eigenvalue weighted by Crippen LogP contribution is 2.27. The number of nitrogens with one attached hydrogen (secondary N) is 1. The molecule has 0 saturated carbocycles. The Morgan fingerprint density at radius 2 is 2.12 bits per heavy atom. The molecule has 124 valence electrons. The molecule has 1 aromatic carbocycles. The van der Waals surface area contributed by atoms with Gasteiger partial charge in [-0.3, -0.25) is 9.36 Å². The molecule has 5 nitrogen and oxygen atoms in total. The van der Waals surface area contributed by atoms with Gasteiger partial charge in [0, 0.05) is 29.0 Å². The molecular weight excluding hydrogens is 329 g/mol. The second-order valence-corrected chi connectivity index (χ2v) is 6.11. The fourth-order valence-electron chi connectivity index (χ4n) is 2.57. The van der Waals surface area contributed by atoms with E-state index < -0.39 is 5.82 Å². The molecule has 0 unspecified atom stereocenters. The molecule has 0 saturated heterocycles. The van der Waals surface area contributed by atoms with Gasteiger partial charge in [-0.2, -0.15) is 0 Å². The fraction of sp³-hybridized carbons (Fsp3) is 0.176. The molecule has 0 aliphatic carbocycles. The molecule has 0 spiro atoms. The van der Waals surface area contributed by atoms with Crippen LogP contribution in [0.3, 0.4) is 0 Å². The minimum absolute atomic E-state index is 0.275. The van der Waals surface area contributed by atoms with Crippen LogP contribution in [0.2, 0.25) is 0 Å². The number of aromatic nitrogens is 2. The minimum Gasteiger partial charge on any atom is -0.494 e. The Hall–Kier alpha value is -2.67. The summed E-state index contributed by atoms with van der Waals surface area (Å²) in [5.41, 5.74) is 2.66. The molecule has 0 atom stereocenters. The number of halogens is 1. The number of ether oxygens (including phenoxy) is 1. The van der Waals surface area contributed by atoms with E-state index >= 15 is 0 Å². The maximum absolute atomic E-state index is 13.3. The minimum atomic E-state index is -0.424. The summed E-state index contributed by atoms with van der Waals surface area (Å²) in [6.07, 6.45) is 1.72. The summed E-state index contributed by atoms with van der Waals surface area (Å²) < 4.78 is 20.3. The van der Waals surface area contributed by atoms with Gasteiger partial charge in [0.05, 0.1) is 18.4 Å². The van der Waals surface area contributed by atoms with Crippen LogP contribution in [0, 0.1) is 19.7 Å². The third-order valence-corrected chi connectivity index (χ3v) is 4.45. The molecule has 24 heavy (non-hydrogen) atoms. The number of thiazole rings is 1. The lowest BCUT2D eigenvalue weighted by Crippen LogP contribution is -2.14. The molecular formula is C17H16FN3O2S. The number of hydrogen-bond donors (Lipinski definition) is 1. The van der Waals surface area contributed by atoms with E-state index in [0.29, 0.717) is 11.3 Å². The first-order valence-electron chi connectivity index (χ1n) is 7.25. The van der Waals surface area contributed by atoms with Crippen molar-refractivity contribution in [3.63, 3.8) is 0 Å². The molecule has 0 bridgehead atoms. The van der Waals surface area contributed by atoms with Crippen LogP contribution < -0.4 is 10.1 Å². The van der Waals surface area contributed by atoms with Crippen molar-refractivity contribution in [3.8, 4) is 10.9 Å². The number of benzene rings is 1. The average molecular weight is 345 g/mol. The van der Waals surface area contributed by atoms with E-state index in [4.69, 9.17) is 4.74 Å². The van der Waals surface area contributed by atoms with Crippen LogP contribution in [-0.4, -0.2) is 22.6 Å². The van der Waals surface area contributed by atoms with Crippen LogP contribution in [0.5, 0.6) is 5.75 Å². The van der Waals surface area contributed by atoms with Crippen molar-refractivity contribution in [1.82, 2.24) is 9.55 Å². The molecule has 2 aromatic heterocycles. The summed E-state index contributed by atoms with van der Waals surface area (Å²) in [5, 5.41) is 5.47. The van der Waals surface area contributed by atoms with Gasteiger partial charge in [0.2, 0.25) is 0 Å². The van der Waals surface area contributed by atoms with Crippen LogP contribution in [0.25, 0.3) is 5.13 Å². The number of nitrogens with zero attached hydrogens (tertiary/aromatic N) is 2. The second-order valence-electron chi connectivity index (χ2n) is 5.23. The summed E-state index contributed by atoms with van der Waals surface area (Å²) >= 11 is 1.50. The Kier molecular flexibility index (Phi) is 4.35. The Morgan fingerprint density at radius 3 is 2.79 bits per heavy atom. The number of rotatable bonds is 4. The number of methoxy groups -OCH3 is 1. The lowest BCUT2D eigenvalue weighted by Gasteiger charge is -2.10. The van der Waals surface area contributed by atoms with Gasteiger partial charge >= 0.3 is 0 Å². The second kappa shape index (κ2) is 6.45. The third-order valence-electron chi connectivity index (χ3n) is 3.70. The van der Waals surface area contributed by atoms with Crippen molar-refractivity contribution in [2.45, 2.75) is 13.8 Å². The fourth-order valence-corrected chi connectivity index (χ4v) is 3.32. The number of carbonyl (C=O) groups is 1. The van der Waals surface area contributed by atoms with Crippen LogP contribution in [0.1, 0.15) is 21.7 Å². The number of anilines is 1. The first kappa shape index (κ1) is 16.2. The summed E-state index contributed by atoms with van der Waals surface area (Å²) in [6.45, 7) is 3.79. The summed E-state index contributed by atoms with van der Waals surface area (Å²) in [7, 11) is 1.43. The first-order chi connectivity index (χ1) is 11.5. The topological polar surface area (TPSA) is 56.1 Å². The Labute approximate surface area is 142 Å². The van der Waals surface area contributed by atoms with Gasteiger partial charge in [-0.15, -0.1) is 11.3 Å². The number of aryl methyl sites for hydroxylation is 1. The number of amides is 1. The molecule has 0 fully saturated rings. The maximum atomic E-state index is 13.3. The molecule has 1 N–H and O–H groups in total. The van der Waals surface area contributed by atoms with Crippen LogP contribution in [0.15, 0.2) is 35.8 Å². The normalized spacial score (nSPS) is 10.7. The molecule has 0 aliphatic rings. The van der Waals surface area contributed by atoms with Gasteiger partial charge < -0.3 is 10.1 Å². The third kappa shape index (κ3) is 2.90. The summed E-state index contributed by atoms with van der Waals surface area (Å²) in [6, 6.07) is 5.79. The van der Waals surface area contributed by atoms with Gasteiger partial charge in [-0.25, -0.2) is 9.37 Å². The van der Waals surface area contributed by atoms with Gasteiger partial charge in [0.15, 0.2) is 5.13 Å². The SMILES string of the molecule is COc1cc(F)ccc1NC(=O)c1cc(C)n(-c2nccs2)c1C. The van der Waals surface area contributed by atoms with Crippen molar-refractivity contribution >= 4 is 22.9 Å². The van der Waals surface area contributed by atoms with Crippen LogP contribution in [0.4, 0.5) is 10.1 Å².